The molecule has 0 spiro atoms. The summed E-state index contributed by atoms with van der Waals surface area (Å²) in [5, 5.41) is 14.3. The van der Waals surface area contributed by atoms with E-state index in [0.29, 0.717) is 24.0 Å². The summed E-state index contributed by atoms with van der Waals surface area (Å²) in [6.45, 7) is 3.60. The number of hydrogen-bond donors (Lipinski definition) is 2. The molecule has 200 valence electrons. The van der Waals surface area contributed by atoms with Crippen molar-refractivity contribution in [1.82, 2.24) is 10.6 Å². The monoisotopic (exact) mass is 537 g/mol. The van der Waals surface area contributed by atoms with Gasteiger partial charge in [0.25, 0.3) is 0 Å². The standard InChI is InChI=1S/C26H30F3N3O4S/c1-16(2)13-20(24(33)32-25(15-30)11-12-25)31-23(26(27,28)29)18-7-5-17(6-8-18)19-9-10-21(36-3)22(14-19)37(4,34)35/h5-10,14,16,20,23,31H,11-13H2,1-4H3,(H,32,33)/t20-,23-/m0/s1. The summed E-state index contributed by atoms with van der Waals surface area (Å²) in [7, 11) is -2.25. The minimum absolute atomic E-state index is 0.0280. The van der Waals surface area contributed by atoms with Gasteiger partial charge in [-0.25, -0.2) is 8.42 Å². The van der Waals surface area contributed by atoms with E-state index < -0.39 is 39.5 Å². The number of rotatable bonds is 10. The molecule has 0 unspecified atom stereocenters. The van der Waals surface area contributed by atoms with Crippen molar-refractivity contribution in [3.05, 3.63) is 48.0 Å². The molecule has 2 N–H and O–H groups in total. The minimum atomic E-state index is -4.70. The number of alkyl halides is 3. The Labute approximate surface area is 214 Å². The number of amides is 1. The Balaban J connectivity index is 1.90. The quantitative estimate of drug-likeness (QED) is 0.461. The summed E-state index contributed by atoms with van der Waals surface area (Å²) < 4.78 is 71.8. The molecule has 0 radical (unpaired) electrons. The average Bonchev–Trinajstić information content (AvgIpc) is 3.59. The topological polar surface area (TPSA) is 108 Å². The third-order valence-corrected chi connectivity index (χ3v) is 7.30. The summed E-state index contributed by atoms with van der Waals surface area (Å²) in [4.78, 5) is 12.8. The number of sulfone groups is 1. The number of ether oxygens (including phenoxy) is 1. The average molecular weight is 538 g/mol. The number of nitriles is 1. The predicted molar refractivity (Wildman–Crippen MR) is 132 cm³/mol. The molecule has 1 saturated carbocycles. The van der Waals surface area contributed by atoms with Gasteiger partial charge in [0.15, 0.2) is 9.84 Å². The van der Waals surface area contributed by atoms with Crippen molar-refractivity contribution in [2.24, 2.45) is 5.92 Å². The van der Waals surface area contributed by atoms with Gasteiger partial charge in [0.2, 0.25) is 5.91 Å². The molecule has 1 aliphatic rings. The predicted octanol–water partition coefficient (Wildman–Crippen LogP) is 4.55. The zero-order valence-electron chi connectivity index (χ0n) is 21.0. The fraction of sp³-hybridized carbons (Fsp3) is 0.462. The Morgan fingerprint density at radius 1 is 1.14 bits per heavy atom. The molecule has 2 atom stereocenters. The van der Waals surface area contributed by atoms with Crippen LogP contribution in [0.4, 0.5) is 13.2 Å². The first kappa shape index (κ1) is 28.5. The molecule has 3 rings (SSSR count). The number of nitrogens with one attached hydrogen (secondary N) is 2. The van der Waals surface area contributed by atoms with Gasteiger partial charge in [0.1, 0.15) is 22.2 Å². The number of carbonyl (C=O) groups excluding carboxylic acids is 1. The number of methoxy groups -OCH3 is 1. The Kier molecular flexibility index (Phi) is 8.24. The molecule has 7 nitrogen and oxygen atoms in total. The molecule has 2 aromatic rings. The van der Waals surface area contributed by atoms with E-state index in [1.54, 1.807) is 19.9 Å². The first-order valence-corrected chi connectivity index (χ1v) is 13.6. The number of hydrogen-bond acceptors (Lipinski definition) is 6. The second-order valence-electron chi connectivity index (χ2n) is 9.77. The molecule has 1 aliphatic carbocycles. The number of carbonyl (C=O) groups is 1. The molecule has 0 heterocycles. The number of benzene rings is 2. The zero-order chi connectivity index (χ0) is 27.6. The van der Waals surface area contributed by atoms with Gasteiger partial charge in [-0.1, -0.05) is 44.2 Å². The highest BCUT2D eigenvalue weighted by Gasteiger charge is 2.47. The van der Waals surface area contributed by atoms with E-state index in [0.717, 1.165) is 6.26 Å². The summed E-state index contributed by atoms with van der Waals surface area (Å²) in [6, 6.07) is 8.79. The van der Waals surface area contributed by atoms with Crippen LogP contribution < -0.4 is 15.4 Å². The largest absolute Gasteiger partial charge is 0.495 e. The molecule has 0 bridgehead atoms. The van der Waals surface area contributed by atoms with Crippen molar-refractivity contribution < 1.29 is 31.1 Å². The van der Waals surface area contributed by atoms with Crippen LogP contribution in [0.15, 0.2) is 47.4 Å². The van der Waals surface area contributed by atoms with Crippen molar-refractivity contribution in [1.29, 1.82) is 5.26 Å². The van der Waals surface area contributed by atoms with Gasteiger partial charge in [-0.15, -0.1) is 0 Å². The second-order valence-corrected chi connectivity index (χ2v) is 11.8. The van der Waals surface area contributed by atoms with Gasteiger partial charge in [-0.05, 0) is 54.0 Å². The van der Waals surface area contributed by atoms with Crippen molar-refractivity contribution in [3.8, 4) is 22.9 Å². The number of halogens is 3. The van der Waals surface area contributed by atoms with Crippen LogP contribution in [0.5, 0.6) is 5.75 Å². The normalized spacial score (nSPS) is 16.5. The molecule has 2 aromatic carbocycles. The van der Waals surface area contributed by atoms with E-state index in [4.69, 9.17) is 4.74 Å². The van der Waals surface area contributed by atoms with E-state index in [-0.39, 0.29) is 28.5 Å². The van der Waals surface area contributed by atoms with Crippen molar-refractivity contribution in [2.75, 3.05) is 13.4 Å². The van der Waals surface area contributed by atoms with Gasteiger partial charge in [0, 0.05) is 6.26 Å². The van der Waals surface area contributed by atoms with Crippen LogP contribution >= 0.6 is 0 Å². The maximum absolute atomic E-state index is 14.1. The Hall–Kier alpha value is -3.10. The lowest BCUT2D eigenvalue weighted by Gasteiger charge is -2.29. The summed E-state index contributed by atoms with van der Waals surface area (Å²) in [5.74, 6) is -0.538. The molecule has 0 aromatic heterocycles. The maximum atomic E-state index is 14.1. The Bertz CT molecular complexity index is 1280. The van der Waals surface area contributed by atoms with Gasteiger partial charge in [0.05, 0.1) is 19.2 Å². The maximum Gasteiger partial charge on any atom is 0.407 e. The summed E-state index contributed by atoms with van der Waals surface area (Å²) >= 11 is 0. The molecule has 0 saturated heterocycles. The van der Waals surface area contributed by atoms with Crippen LogP contribution in [0, 0.1) is 17.2 Å². The first-order chi connectivity index (χ1) is 17.2. The lowest BCUT2D eigenvalue weighted by molar-refractivity contribution is -0.161. The van der Waals surface area contributed by atoms with E-state index in [1.165, 1.54) is 43.5 Å². The van der Waals surface area contributed by atoms with Crippen molar-refractivity contribution in [2.45, 2.75) is 61.8 Å². The second kappa shape index (κ2) is 10.7. The van der Waals surface area contributed by atoms with Crippen molar-refractivity contribution >= 4 is 15.7 Å². The van der Waals surface area contributed by atoms with Crippen LogP contribution in [0.3, 0.4) is 0 Å². The van der Waals surface area contributed by atoms with Crippen LogP contribution in [0.2, 0.25) is 0 Å². The molecule has 11 heteroatoms. The fourth-order valence-electron chi connectivity index (χ4n) is 4.03. The molecule has 1 amide bonds. The Morgan fingerprint density at radius 3 is 2.19 bits per heavy atom. The van der Waals surface area contributed by atoms with Crippen LogP contribution in [0.25, 0.3) is 11.1 Å². The van der Waals surface area contributed by atoms with Gasteiger partial charge >= 0.3 is 6.18 Å². The third kappa shape index (κ3) is 7.02. The minimum Gasteiger partial charge on any atom is -0.495 e. The SMILES string of the molecule is COc1ccc(-c2ccc([C@H](N[C@@H](CC(C)C)C(=O)NC3(C#N)CC3)C(F)(F)F)cc2)cc1S(C)(=O)=O. The van der Waals surface area contributed by atoms with Gasteiger partial charge in [-0.3, -0.25) is 10.1 Å². The van der Waals surface area contributed by atoms with Crippen LogP contribution in [0.1, 0.15) is 44.7 Å². The molecule has 1 fully saturated rings. The Morgan fingerprint density at radius 2 is 1.73 bits per heavy atom. The first-order valence-electron chi connectivity index (χ1n) is 11.7. The van der Waals surface area contributed by atoms with E-state index >= 15 is 0 Å². The lowest BCUT2D eigenvalue weighted by Crippen LogP contribution is -2.52. The van der Waals surface area contributed by atoms with E-state index in [9.17, 15) is 31.6 Å². The van der Waals surface area contributed by atoms with Crippen molar-refractivity contribution in [3.63, 3.8) is 0 Å². The van der Waals surface area contributed by atoms with E-state index in [2.05, 4.69) is 10.6 Å². The molecule has 0 aliphatic heterocycles. The van der Waals surface area contributed by atoms with Crippen LogP contribution in [-0.4, -0.2) is 45.4 Å². The summed E-state index contributed by atoms with van der Waals surface area (Å²) in [5.41, 5.74) is -0.0888. The highest BCUT2D eigenvalue weighted by Crippen LogP contribution is 2.37. The lowest BCUT2D eigenvalue weighted by atomic mass is 9.97. The number of nitrogens with zero attached hydrogens (tertiary/aromatic N) is 1. The third-order valence-electron chi connectivity index (χ3n) is 6.19. The zero-order valence-corrected chi connectivity index (χ0v) is 21.8. The fourth-order valence-corrected chi connectivity index (χ4v) is 4.89. The van der Waals surface area contributed by atoms with Crippen LogP contribution in [-0.2, 0) is 14.6 Å². The van der Waals surface area contributed by atoms with Gasteiger partial charge < -0.3 is 10.1 Å². The highest BCUT2D eigenvalue weighted by atomic mass is 32.2. The van der Waals surface area contributed by atoms with E-state index in [1.807, 2.05) is 6.07 Å². The summed E-state index contributed by atoms with van der Waals surface area (Å²) in [6.07, 6.45) is -2.56. The molecular formula is C26H30F3N3O4S. The molecule has 37 heavy (non-hydrogen) atoms. The molecular weight excluding hydrogens is 507 g/mol. The smallest absolute Gasteiger partial charge is 0.407 e. The van der Waals surface area contributed by atoms with Gasteiger partial charge in [-0.2, -0.15) is 18.4 Å². The highest BCUT2D eigenvalue weighted by molar-refractivity contribution is 7.90.